The first-order valence-corrected chi connectivity index (χ1v) is 12.5. The van der Waals surface area contributed by atoms with Crippen LogP contribution in [0.1, 0.15) is 13.3 Å². The normalized spacial score (nSPS) is 15.2. The molecule has 198 valence electrons. The van der Waals surface area contributed by atoms with Gasteiger partial charge in [0.25, 0.3) is 0 Å². The van der Waals surface area contributed by atoms with Crippen LogP contribution in [-0.4, -0.2) is 73.2 Å². The van der Waals surface area contributed by atoms with Crippen molar-refractivity contribution in [3.63, 3.8) is 0 Å². The highest BCUT2D eigenvalue weighted by atomic mass is 16.5. The number of hydrogen-bond donors (Lipinski definition) is 3. The lowest BCUT2D eigenvalue weighted by atomic mass is 10.1. The summed E-state index contributed by atoms with van der Waals surface area (Å²) in [5.74, 6) is 1.59. The van der Waals surface area contributed by atoms with Crippen molar-refractivity contribution in [3.05, 3.63) is 48.8 Å². The van der Waals surface area contributed by atoms with Gasteiger partial charge >= 0.3 is 0 Å². The molecule has 0 radical (unpaired) electrons. The highest BCUT2D eigenvalue weighted by Gasteiger charge is 2.26. The molecule has 0 aliphatic carbocycles. The van der Waals surface area contributed by atoms with Crippen molar-refractivity contribution >= 4 is 39.8 Å². The number of methoxy groups -OCH3 is 2. The fourth-order valence-corrected chi connectivity index (χ4v) is 4.96. The van der Waals surface area contributed by atoms with Gasteiger partial charge in [-0.15, -0.1) is 0 Å². The maximum Gasteiger partial charge on any atom is 0.227 e. The quantitative estimate of drug-likeness (QED) is 0.315. The van der Waals surface area contributed by atoms with Crippen LogP contribution >= 0.6 is 0 Å². The number of carbonyl (C=O) groups is 1. The van der Waals surface area contributed by atoms with Gasteiger partial charge in [-0.2, -0.15) is 0 Å². The fraction of sp³-hybridized carbons (Fsp3) is 0.321. The first-order chi connectivity index (χ1) is 18.4. The summed E-state index contributed by atoms with van der Waals surface area (Å²) in [4.78, 5) is 29.1. The number of carbonyl (C=O) groups excluding carboxylic acids is 1. The Labute approximate surface area is 222 Å². The Morgan fingerprint density at radius 1 is 1.16 bits per heavy atom. The SMILES string of the molecule is COc1cnc(Nc2ccc(N3CCC(N(C)C)C3)c(NC(C)=O)c2)nc1-c1c[nH]c2c(OC)cccc12. The molecule has 0 spiro atoms. The summed E-state index contributed by atoms with van der Waals surface area (Å²) in [6, 6.07) is 12.3. The number of nitrogens with one attached hydrogen (secondary N) is 3. The van der Waals surface area contributed by atoms with Gasteiger partial charge in [-0.25, -0.2) is 9.97 Å². The zero-order valence-corrected chi connectivity index (χ0v) is 22.3. The lowest BCUT2D eigenvalue weighted by Gasteiger charge is -2.24. The standard InChI is InChI=1S/C28H33N7O3/c1-17(36)31-22-13-18(9-10-23(22)35-12-11-19(16-35)34(2)3)32-28-30-15-25(38-5)27(33-28)21-14-29-26-20(21)7-6-8-24(26)37-4/h6-10,13-15,19,29H,11-12,16H2,1-5H3,(H,31,36)(H,30,32,33). The minimum absolute atomic E-state index is 0.121. The van der Waals surface area contributed by atoms with Gasteiger partial charge in [0, 0.05) is 48.9 Å². The van der Waals surface area contributed by atoms with Gasteiger partial charge in [0.1, 0.15) is 11.4 Å². The number of aromatic nitrogens is 3. The molecule has 5 rings (SSSR count). The molecule has 10 heteroatoms. The Morgan fingerprint density at radius 2 is 1.97 bits per heavy atom. The molecule has 38 heavy (non-hydrogen) atoms. The van der Waals surface area contributed by atoms with Gasteiger partial charge in [-0.1, -0.05) is 12.1 Å². The molecule has 1 aliphatic heterocycles. The molecule has 3 N–H and O–H groups in total. The molecule has 1 amide bonds. The first kappa shape index (κ1) is 25.3. The summed E-state index contributed by atoms with van der Waals surface area (Å²) >= 11 is 0. The Morgan fingerprint density at radius 3 is 2.68 bits per heavy atom. The lowest BCUT2D eigenvalue weighted by molar-refractivity contribution is -0.114. The Kier molecular flexibility index (Phi) is 7.06. The Hall–Kier alpha value is -4.31. The number of para-hydroxylation sites is 1. The van der Waals surface area contributed by atoms with E-state index in [2.05, 4.69) is 44.5 Å². The zero-order chi connectivity index (χ0) is 26.8. The van der Waals surface area contributed by atoms with Crippen LogP contribution < -0.4 is 25.0 Å². The average molecular weight is 516 g/mol. The van der Waals surface area contributed by atoms with E-state index in [9.17, 15) is 4.79 Å². The van der Waals surface area contributed by atoms with E-state index in [4.69, 9.17) is 14.5 Å². The molecule has 2 aromatic carbocycles. The monoisotopic (exact) mass is 515 g/mol. The number of amides is 1. The van der Waals surface area contributed by atoms with Crippen molar-refractivity contribution in [1.82, 2.24) is 19.9 Å². The van der Waals surface area contributed by atoms with E-state index in [-0.39, 0.29) is 5.91 Å². The third-order valence-corrected chi connectivity index (χ3v) is 6.93. The van der Waals surface area contributed by atoms with Gasteiger partial charge < -0.3 is 34.9 Å². The second-order valence-corrected chi connectivity index (χ2v) is 9.59. The Balaban J connectivity index is 1.47. The molecular weight excluding hydrogens is 482 g/mol. The number of H-pyrrole nitrogens is 1. The van der Waals surface area contributed by atoms with Crippen molar-refractivity contribution in [2.45, 2.75) is 19.4 Å². The number of hydrogen-bond acceptors (Lipinski definition) is 8. The molecular formula is C28H33N7O3. The maximum absolute atomic E-state index is 12.0. The number of benzene rings is 2. The number of fused-ring (bicyclic) bond motifs is 1. The molecule has 10 nitrogen and oxygen atoms in total. The van der Waals surface area contributed by atoms with E-state index >= 15 is 0 Å². The highest BCUT2D eigenvalue weighted by molar-refractivity contribution is 5.99. The number of rotatable bonds is 8. The minimum Gasteiger partial charge on any atom is -0.495 e. The highest BCUT2D eigenvalue weighted by Crippen LogP contribution is 2.38. The topological polar surface area (TPSA) is 108 Å². The van der Waals surface area contributed by atoms with Gasteiger partial charge in [0.05, 0.1) is 37.3 Å². The van der Waals surface area contributed by atoms with Gasteiger partial charge in [0.2, 0.25) is 11.9 Å². The predicted octanol–water partition coefficient (Wildman–Crippen LogP) is 4.48. The molecule has 0 saturated carbocycles. The molecule has 1 saturated heterocycles. The van der Waals surface area contributed by atoms with E-state index in [0.717, 1.165) is 58.8 Å². The smallest absolute Gasteiger partial charge is 0.227 e. The van der Waals surface area contributed by atoms with Crippen molar-refractivity contribution in [2.75, 3.05) is 56.9 Å². The number of anilines is 4. The second-order valence-electron chi connectivity index (χ2n) is 9.59. The molecule has 1 unspecified atom stereocenters. The summed E-state index contributed by atoms with van der Waals surface area (Å²) < 4.78 is 11.1. The van der Waals surface area contributed by atoms with E-state index < -0.39 is 0 Å². The van der Waals surface area contributed by atoms with Crippen LogP contribution in [0.25, 0.3) is 22.2 Å². The number of ether oxygens (including phenoxy) is 2. The average Bonchev–Trinajstić information content (AvgIpc) is 3.56. The van der Waals surface area contributed by atoms with E-state index in [1.54, 1.807) is 20.4 Å². The van der Waals surface area contributed by atoms with Crippen LogP contribution in [0.2, 0.25) is 0 Å². The third kappa shape index (κ3) is 4.95. The molecule has 4 aromatic rings. The third-order valence-electron chi connectivity index (χ3n) is 6.93. The van der Waals surface area contributed by atoms with Crippen LogP contribution in [0.15, 0.2) is 48.8 Å². The number of aromatic amines is 1. The number of likely N-dealkylation sites (N-methyl/N-ethyl adjacent to an activating group) is 1. The van der Waals surface area contributed by atoms with Gasteiger partial charge in [0.15, 0.2) is 5.75 Å². The van der Waals surface area contributed by atoms with Crippen LogP contribution in [0, 0.1) is 0 Å². The molecule has 1 aliphatic rings. The van der Waals surface area contributed by atoms with Gasteiger partial charge in [-0.05, 0) is 44.8 Å². The largest absolute Gasteiger partial charge is 0.495 e. The lowest BCUT2D eigenvalue weighted by Crippen LogP contribution is -2.31. The van der Waals surface area contributed by atoms with Crippen LogP contribution in [-0.2, 0) is 4.79 Å². The summed E-state index contributed by atoms with van der Waals surface area (Å²) in [7, 11) is 7.45. The van der Waals surface area contributed by atoms with Crippen LogP contribution in [0.3, 0.4) is 0 Å². The molecule has 1 atom stereocenters. The van der Waals surface area contributed by atoms with E-state index in [1.807, 2.05) is 42.6 Å². The fourth-order valence-electron chi connectivity index (χ4n) is 4.96. The van der Waals surface area contributed by atoms with Crippen molar-refractivity contribution < 1.29 is 14.3 Å². The van der Waals surface area contributed by atoms with Crippen LogP contribution in [0.4, 0.5) is 23.0 Å². The predicted molar refractivity (Wildman–Crippen MR) is 151 cm³/mol. The summed E-state index contributed by atoms with van der Waals surface area (Å²) in [5, 5.41) is 7.25. The minimum atomic E-state index is -0.121. The Bertz CT molecular complexity index is 1470. The maximum atomic E-state index is 12.0. The first-order valence-electron chi connectivity index (χ1n) is 12.5. The summed E-state index contributed by atoms with van der Waals surface area (Å²) in [6.45, 7) is 3.36. The van der Waals surface area contributed by atoms with Crippen molar-refractivity contribution in [2.24, 2.45) is 0 Å². The van der Waals surface area contributed by atoms with Crippen molar-refractivity contribution in [1.29, 1.82) is 0 Å². The zero-order valence-electron chi connectivity index (χ0n) is 22.3. The van der Waals surface area contributed by atoms with E-state index in [1.165, 1.54) is 6.92 Å². The van der Waals surface area contributed by atoms with E-state index in [0.29, 0.717) is 23.4 Å². The van der Waals surface area contributed by atoms with Gasteiger partial charge in [-0.3, -0.25) is 4.79 Å². The van der Waals surface area contributed by atoms with Crippen LogP contribution in [0.5, 0.6) is 11.5 Å². The summed E-state index contributed by atoms with van der Waals surface area (Å²) in [5.41, 5.74) is 4.92. The molecule has 1 fully saturated rings. The van der Waals surface area contributed by atoms with Crippen molar-refractivity contribution in [3.8, 4) is 22.8 Å². The molecule has 3 heterocycles. The molecule has 0 bridgehead atoms. The summed E-state index contributed by atoms with van der Waals surface area (Å²) in [6.07, 6.45) is 4.62. The number of nitrogens with zero attached hydrogens (tertiary/aromatic N) is 4. The molecule has 2 aromatic heterocycles. The second kappa shape index (κ2) is 10.6.